The summed E-state index contributed by atoms with van der Waals surface area (Å²) >= 11 is 1.35. The van der Waals surface area contributed by atoms with Crippen LogP contribution >= 0.6 is 11.8 Å². The van der Waals surface area contributed by atoms with Crippen molar-refractivity contribution < 1.29 is 49.0 Å². The second-order valence-corrected chi connectivity index (χ2v) is 8.27. The molecule has 9 heteroatoms. The third kappa shape index (κ3) is 3.05. The predicted molar refractivity (Wildman–Crippen MR) is 87.4 cm³/mol. The number of hydrogen-bond donors (Lipinski definition) is 2. The molecule has 3 rings (SSSR count). The summed E-state index contributed by atoms with van der Waals surface area (Å²) in [6.45, 7) is 3.38. The van der Waals surface area contributed by atoms with Crippen LogP contribution in [-0.4, -0.2) is 38.5 Å². The summed E-state index contributed by atoms with van der Waals surface area (Å²) in [6.07, 6.45) is 0.194. The number of carboxylic acid groups (broad SMARTS) is 1. The van der Waals surface area contributed by atoms with E-state index < -0.39 is 22.3 Å². The van der Waals surface area contributed by atoms with Crippen molar-refractivity contribution in [3.63, 3.8) is 0 Å². The number of hydrogen-bond acceptors (Lipinski definition) is 6. The van der Waals surface area contributed by atoms with Gasteiger partial charge in [0.05, 0.1) is 28.9 Å². The quantitative estimate of drug-likeness (QED) is 0.322. The van der Waals surface area contributed by atoms with Gasteiger partial charge in [0.25, 0.3) is 0 Å². The minimum Gasteiger partial charge on any atom is -0.545 e. The van der Waals surface area contributed by atoms with Gasteiger partial charge in [0.2, 0.25) is 11.8 Å². The molecular weight excluding hydrogens is 353 g/mol. The standard InChI is InChI=1S/C16H19N3O4S.Na/c1-15(2)16(14(22)23,19-12(21)8-13(19)24-15)18-11(20)7-9-5-3-4-6-10(9)17;/h3-6,13H,7-8,17H2,1-2H3,(H,18,20)(H,22,23);/q;+1/p-1/t13-,16+;/m1./s1. The first kappa shape index (κ1) is 20.1. The van der Waals surface area contributed by atoms with Crippen molar-refractivity contribution in [1.82, 2.24) is 10.2 Å². The topological polar surface area (TPSA) is 116 Å². The van der Waals surface area contributed by atoms with Gasteiger partial charge in [0, 0.05) is 5.69 Å². The van der Waals surface area contributed by atoms with Crippen LogP contribution in [0, 0.1) is 0 Å². The number of nitrogens with one attached hydrogen (secondary N) is 1. The fourth-order valence-corrected chi connectivity index (χ4v) is 5.01. The average molecular weight is 371 g/mol. The van der Waals surface area contributed by atoms with Crippen LogP contribution in [0.4, 0.5) is 5.69 Å². The number of nitrogens with zero attached hydrogens (tertiary/aromatic N) is 1. The third-order valence-corrected chi connectivity index (χ3v) is 6.13. The molecule has 3 N–H and O–H groups in total. The van der Waals surface area contributed by atoms with Crippen LogP contribution in [0.15, 0.2) is 24.3 Å². The number of rotatable bonds is 4. The molecule has 2 aliphatic heterocycles. The smallest absolute Gasteiger partial charge is 0.545 e. The normalized spacial score (nSPS) is 26.2. The van der Waals surface area contributed by atoms with E-state index in [-0.39, 0.29) is 53.7 Å². The molecule has 0 radical (unpaired) electrons. The number of nitrogens with two attached hydrogens (primary N) is 1. The molecule has 0 saturated carbocycles. The number of aliphatic carboxylic acids is 1. The molecule has 2 aliphatic rings. The third-order valence-electron chi connectivity index (χ3n) is 4.59. The van der Waals surface area contributed by atoms with Gasteiger partial charge in [0.15, 0.2) is 5.66 Å². The second kappa shape index (κ2) is 6.83. The van der Waals surface area contributed by atoms with Crippen molar-refractivity contribution in [1.29, 1.82) is 0 Å². The number of thioether (sulfide) groups is 1. The molecule has 1 aromatic rings. The molecule has 2 atom stereocenters. The van der Waals surface area contributed by atoms with Crippen LogP contribution in [0.25, 0.3) is 0 Å². The number of nitrogen functional groups attached to an aromatic ring is 1. The van der Waals surface area contributed by atoms with Gasteiger partial charge in [-0.25, -0.2) is 0 Å². The van der Waals surface area contributed by atoms with E-state index in [1.165, 1.54) is 16.7 Å². The van der Waals surface area contributed by atoms with Gasteiger partial charge in [0.1, 0.15) is 0 Å². The first-order valence-corrected chi connectivity index (χ1v) is 8.43. The largest absolute Gasteiger partial charge is 1.00 e. The summed E-state index contributed by atoms with van der Waals surface area (Å²) in [5, 5.41) is 14.3. The molecule has 0 spiro atoms. The minimum absolute atomic E-state index is 0. The second-order valence-electron chi connectivity index (χ2n) is 6.47. The van der Waals surface area contributed by atoms with Crippen molar-refractivity contribution >= 4 is 35.2 Å². The summed E-state index contributed by atoms with van der Waals surface area (Å²) in [6, 6.07) is 6.87. The van der Waals surface area contributed by atoms with E-state index in [0.29, 0.717) is 11.3 Å². The minimum atomic E-state index is -1.86. The Morgan fingerprint density at radius 3 is 2.60 bits per heavy atom. The average Bonchev–Trinajstić information content (AvgIpc) is 2.65. The zero-order valence-corrected chi connectivity index (χ0v) is 17.2. The van der Waals surface area contributed by atoms with Crippen LogP contribution in [0.3, 0.4) is 0 Å². The summed E-state index contributed by atoms with van der Waals surface area (Å²) < 4.78 is -0.916. The Balaban J connectivity index is 0.00000225. The van der Waals surface area contributed by atoms with Gasteiger partial charge >= 0.3 is 29.6 Å². The van der Waals surface area contributed by atoms with E-state index in [2.05, 4.69) is 5.32 Å². The summed E-state index contributed by atoms with van der Waals surface area (Å²) in [7, 11) is 0. The Hall–Kier alpha value is -1.22. The van der Waals surface area contributed by atoms with Crippen LogP contribution in [-0.2, 0) is 20.8 Å². The maximum absolute atomic E-state index is 12.5. The Bertz CT molecular complexity index is 742. The SMILES string of the molecule is CC1(C)S[C@@H]2CC(=O)N2[C@@]1(NC(=O)Cc1ccccc1N)C(=O)[O-].[Na+]. The number of para-hydroxylation sites is 1. The maximum atomic E-state index is 12.5. The Morgan fingerprint density at radius 2 is 2.04 bits per heavy atom. The number of benzene rings is 1. The zero-order chi connectivity index (χ0) is 17.7. The number of fused-ring (bicyclic) bond motifs is 1. The van der Waals surface area contributed by atoms with Gasteiger partial charge in [-0.15, -0.1) is 11.8 Å². The van der Waals surface area contributed by atoms with E-state index in [0.717, 1.165) is 0 Å². The van der Waals surface area contributed by atoms with Gasteiger partial charge in [-0.2, -0.15) is 0 Å². The molecule has 2 heterocycles. The van der Waals surface area contributed by atoms with E-state index in [1.807, 2.05) is 0 Å². The molecule has 7 nitrogen and oxygen atoms in total. The van der Waals surface area contributed by atoms with Crippen LogP contribution < -0.4 is 45.7 Å². The molecule has 0 bridgehead atoms. The molecule has 128 valence electrons. The molecule has 2 amide bonds. The molecule has 0 unspecified atom stereocenters. The van der Waals surface area contributed by atoms with Crippen LogP contribution in [0.2, 0.25) is 0 Å². The van der Waals surface area contributed by atoms with Crippen molar-refractivity contribution in [2.75, 3.05) is 5.73 Å². The molecular formula is C16H18N3NaO4S. The number of carboxylic acids is 1. The van der Waals surface area contributed by atoms with E-state index in [9.17, 15) is 19.5 Å². The zero-order valence-electron chi connectivity index (χ0n) is 14.4. The molecule has 0 aliphatic carbocycles. The van der Waals surface area contributed by atoms with Crippen molar-refractivity contribution in [2.24, 2.45) is 0 Å². The number of β-lactam (4-membered cyclic amide) rings is 1. The predicted octanol–water partition coefficient (Wildman–Crippen LogP) is -3.54. The Kier molecular flexibility index (Phi) is 5.49. The van der Waals surface area contributed by atoms with Crippen molar-refractivity contribution in [3.05, 3.63) is 29.8 Å². The first-order valence-electron chi connectivity index (χ1n) is 7.55. The first-order chi connectivity index (χ1) is 11.2. The van der Waals surface area contributed by atoms with Gasteiger partial charge < -0.3 is 25.9 Å². The van der Waals surface area contributed by atoms with Crippen LogP contribution in [0.5, 0.6) is 0 Å². The Labute approximate surface area is 172 Å². The Morgan fingerprint density at radius 1 is 1.40 bits per heavy atom. The van der Waals surface area contributed by atoms with Gasteiger partial charge in [-0.3, -0.25) is 9.59 Å². The molecule has 1 aromatic carbocycles. The maximum Gasteiger partial charge on any atom is 1.00 e. The number of amides is 2. The summed E-state index contributed by atoms with van der Waals surface area (Å²) in [5.41, 5.74) is 5.01. The van der Waals surface area contributed by atoms with Crippen molar-refractivity contribution in [2.45, 2.75) is 42.5 Å². The van der Waals surface area contributed by atoms with E-state index in [4.69, 9.17) is 5.73 Å². The number of anilines is 1. The van der Waals surface area contributed by atoms with Crippen LogP contribution in [0.1, 0.15) is 25.8 Å². The van der Waals surface area contributed by atoms with E-state index >= 15 is 0 Å². The molecule has 0 aromatic heterocycles. The monoisotopic (exact) mass is 371 g/mol. The van der Waals surface area contributed by atoms with Gasteiger partial charge in [-0.05, 0) is 25.5 Å². The summed E-state index contributed by atoms with van der Waals surface area (Å²) in [5.74, 6) is -2.31. The fraction of sp³-hybridized carbons (Fsp3) is 0.438. The van der Waals surface area contributed by atoms with Crippen molar-refractivity contribution in [3.8, 4) is 0 Å². The summed E-state index contributed by atoms with van der Waals surface area (Å²) in [4.78, 5) is 37.7. The number of carbonyl (C=O) groups excluding carboxylic acids is 3. The molecule has 2 saturated heterocycles. The molecule has 25 heavy (non-hydrogen) atoms. The van der Waals surface area contributed by atoms with Gasteiger partial charge in [-0.1, -0.05) is 18.2 Å². The molecule has 2 fully saturated rings. The number of carbonyl (C=O) groups is 3. The fourth-order valence-electron chi connectivity index (χ4n) is 3.32. The van der Waals surface area contributed by atoms with E-state index in [1.54, 1.807) is 38.1 Å².